The van der Waals surface area contributed by atoms with Gasteiger partial charge in [-0.05, 0) is 31.5 Å². The number of hydrazone groups is 1. The lowest BCUT2D eigenvalue weighted by atomic mass is 10.1. The van der Waals surface area contributed by atoms with Crippen LogP contribution in [0.2, 0.25) is 0 Å². The van der Waals surface area contributed by atoms with Crippen LogP contribution in [0.25, 0.3) is 0 Å². The average Bonchev–Trinajstić information content (AvgIpc) is 2.21. The number of nitrogens with zero attached hydrogens (tertiary/aromatic N) is 2. The van der Waals surface area contributed by atoms with Gasteiger partial charge in [-0.3, -0.25) is 4.90 Å². The van der Waals surface area contributed by atoms with Gasteiger partial charge in [0.15, 0.2) is 0 Å². The molecule has 13 heavy (non-hydrogen) atoms. The molecular weight excluding hydrogens is 162 g/mol. The molecule has 0 unspecified atom stereocenters. The lowest BCUT2D eigenvalue weighted by Gasteiger charge is -2.27. The SMILES string of the molecule is C1=NNCC=C1CN1CCCCC1. The van der Waals surface area contributed by atoms with Gasteiger partial charge in [-0.15, -0.1) is 0 Å². The highest BCUT2D eigenvalue weighted by Crippen LogP contribution is 2.10. The second kappa shape index (κ2) is 4.42. The number of rotatable bonds is 2. The first-order chi connectivity index (χ1) is 6.45. The number of likely N-dealkylation sites (tertiary alicyclic amines) is 1. The van der Waals surface area contributed by atoms with Crippen LogP contribution in [0, 0.1) is 0 Å². The van der Waals surface area contributed by atoms with Crippen molar-refractivity contribution in [2.24, 2.45) is 5.10 Å². The van der Waals surface area contributed by atoms with Crippen molar-refractivity contribution in [3.63, 3.8) is 0 Å². The van der Waals surface area contributed by atoms with Crippen LogP contribution in [0.15, 0.2) is 16.8 Å². The molecule has 0 amide bonds. The number of hydrogen-bond acceptors (Lipinski definition) is 3. The summed E-state index contributed by atoms with van der Waals surface area (Å²) in [6.45, 7) is 4.50. The molecule has 2 heterocycles. The summed E-state index contributed by atoms with van der Waals surface area (Å²) in [5.41, 5.74) is 4.29. The van der Waals surface area contributed by atoms with Crippen molar-refractivity contribution >= 4 is 6.21 Å². The van der Waals surface area contributed by atoms with Gasteiger partial charge in [-0.1, -0.05) is 12.5 Å². The summed E-state index contributed by atoms with van der Waals surface area (Å²) in [5.74, 6) is 0. The molecule has 0 radical (unpaired) electrons. The minimum atomic E-state index is 0.889. The van der Waals surface area contributed by atoms with Gasteiger partial charge in [0.05, 0.1) is 12.8 Å². The molecule has 0 aromatic rings. The highest BCUT2D eigenvalue weighted by atomic mass is 15.3. The third kappa shape index (κ3) is 2.56. The predicted molar refractivity (Wildman–Crippen MR) is 54.9 cm³/mol. The molecule has 3 nitrogen and oxygen atoms in total. The molecule has 1 saturated heterocycles. The smallest absolute Gasteiger partial charge is 0.0517 e. The Kier molecular flexibility index (Phi) is 2.98. The molecular formula is C10H17N3. The molecule has 72 valence electrons. The molecule has 1 fully saturated rings. The highest BCUT2D eigenvalue weighted by molar-refractivity contribution is 5.79. The van der Waals surface area contributed by atoms with E-state index in [2.05, 4.69) is 21.5 Å². The maximum Gasteiger partial charge on any atom is 0.0517 e. The summed E-state index contributed by atoms with van der Waals surface area (Å²) < 4.78 is 0. The molecule has 0 bridgehead atoms. The molecule has 0 aromatic heterocycles. The molecule has 0 aromatic carbocycles. The second-order valence-electron chi connectivity index (χ2n) is 3.74. The molecule has 0 aliphatic carbocycles. The summed E-state index contributed by atoms with van der Waals surface area (Å²) in [6, 6.07) is 0. The van der Waals surface area contributed by atoms with Crippen LogP contribution < -0.4 is 5.43 Å². The normalized spacial score (nSPS) is 23.8. The topological polar surface area (TPSA) is 27.6 Å². The van der Waals surface area contributed by atoms with Crippen LogP contribution in [0.3, 0.4) is 0 Å². The first-order valence-electron chi connectivity index (χ1n) is 5.12. The van der Waals surface area contributed by atoms with Gasteiger partial charge in [0, 0.05) is 6.54 Å². The molecule has 2 rings (SSSR count). The Balaban J connectivity index is 1.82. The zero-order valence-corrected chi connectivity index (χ0v) is 8.00. The maximum atomic E-state index is 4.05. The second-order valence-corrected chi connectivity index (χ2v) is 3.74. The van der Waals surface area contributed by atoms with Crippen molar-refractivity contribution in [3.8, 4) is 0 Å². The Bertz CT molecular complexity index is 214. The molecule has 0 spiro atoms. The monoisotopic (exact) mass is 179 g/mol. The molecule has 2 aliphatic rings. The van der Waals surface area contributed by atoms with E-state index in [4.69, 9.17) is 0 Å². The zero-order chi connectivity index (χ0) is 8.93. The van der Waals surface area contributed by atoms with Crippen LogP contribution in [-0.2, 0) is 0 Å². The van der Waals surface area contributed by atoms with Gasteiger partial charge in [0.25, 0.3) is 0 Å². The van der Waals surface area contributed by atoms with Crippen molar-refractivity contribution in [3.05, 3.63) is 11.6 Å². The van der Waals surface area contributed by atoms with E-state index >= 15 is 0 Å². The standard InChI is InChI=1S/C10H17N3/c1-2-6-13(7-3-1)9-10-4-5-11-12-8-10/h4,8,11H,1-3,5-7,9H2. The van der Waals surface area contributed by atoms with Crippen molar-refractivity contribution < 1.29 is 0 Å². The highest BCUT2D eigenvalue weighted by Gasteiger charge is 2.11. The lowest BCUT2D eigenvalue weighted by Crippen LogP contribution is -2.32. The molecule has 0 saturated carbocycles. The van der Waals surface area contributed by atoms with Crippen molar-refractivity contribution in [1.82, 2.24) is 10.3 Å². The maximum absolute atomic E-state index is 4.05. The van der Waals surface area contributed by atoms with Gasteiger partial charge < -0.3 is 5.43 Å². The number of piperidine rings is 1. The molecule has 2 aliphatic heterocycles. The summed E-state index contributed by atoms with van der Waals surface area (Å²) in [5, 5.41) is 4.05. The number of nitrogens with one attached hydrogen (secondary N) is 1. The third-order valence-corrected chi connectivity index (χ3v) is 2.63. The summed E-state index contributed by atoms with van der Waals surface area (Å²) in [7, 11) is 0. The number of hydrogen-bond donors (Lipinski definition) is 1. The van der Waals surface area contributed by atoms with Gasteiger partial charge in [0.2, 0.25) is 0 Å². The van der Waals surface area contributed by atoms with E-state index in [-0.39, 0.29) is 0 Å². The summed E-state index contributed by atoms with van der Waals surface area (Å²) in [6.07, 6.45) is 8.30. The lowest BCUT2D eigenvalue weighted by molar-refractivity contribution is 0.249. The van der Waals surface area contributed by atoms with E-state index in [1.807, 2.05) is 6.21 Å². The van der Waals surface area contributed by atoms with Gasteiger partial charge in [-0.25, -0.2) is 0 Å². The quantitative estimate of drug-likeness (QED) is 0.684. The fraction of sp³-hybridized carbons (Fsp3) is 0.700. The van der Waals surface area contributed by atoms with E-state index in [1.54, 1.807) is 0 Å². The van der Waals surface area contributed by atoms with E-state index in [9.17, 15) is 0 Å². The molecule has 1 N–H and O–H groups in total. The van der Waals surface area contributed by atoms with Crippen LogP contribution in [0.5, 0.6) is 0 Å². The van der Waals surface area contributed by atoms with Crippen LogP contribution in [-0.4, -0.2) is 37.3 Å². The predicted octanol–water partition coefficient (Wildman–Crippen LogP) is 0.988. The van der Waals surface area contributed by atoms with Crippen molar-refractivity contribution in [2.45, 2.75) is 19.3 Å². The first kappa shape index (κ1) is 8.75. The van der Waals surface area contributed by atoms with Crippen molar-refractivity contribution in [1.29, 1.82) is 0 Å². The van der Waals surface area contributed by atoms with Gasteiger partial charge >= 0.3 is 0 Å². The first-order valence-corrected chi connectivity index (χ1v) is 5.12. The zero-order valence-electron chi connectivity index (χ0n) is 8.00. The van der Waals surface area contributed by atoms with E-state index in [0.29, 0.717) is 0 Å². The molecule has 0 atom stereocenters. The minimum Gasteiger partial charge on any atom is -0.306 e. The van der Waals surface area contributed by atoms with Crippen LogP contribution in [0.4, 0.5) is 0 Å². The summed E-state index contributed by atoms with van der Waals surface area (Å²) in [4.78, 5) is 2.52. The van der Waals surface area contributed by atoms with Gasteiger partial charge in [0.1, 0.15) is 0 Å². The van der Waals surface area contributed by atoms with Gasteiger partial charge in [-0.2, -0.15) is 5.10 Å². The Morgan fingerprint density at radius 3 is 2.85 bits per heavy atom. The van der Waals surface area contributed by atoms with Crippen molar-refractivity contribution in [2.75, 3.05) is 26.2 Å². The van der Waals surface area contributed by atoms with Crippen LogP contribution in [0.1, 0.15) is 19.3 Å². The molecule has 3 heteroatoms. The third-order valence-electron chi connectivity index (χ3n) is 2.63. The van der Waals surface area contributed by atoms with E-state index < -0.39 is 0 Å². The largest absolute Gasteiger partial charge is 0.306 e. The van der Waals surface area contributed by atoms with E-state index in [0.717, 1.165) is 13.1 Å². The Hall–Kier alpha value is -0.830. The average molecular weight is 179 g/mol. The van der Waals surface area contributed by atoms with Crippen LogP contribution >= 0.6 is 0 Å². The Morgan fingerprint density at radius 1 is 1.31 bits per heavy atom. The minimum absolute atomic E-state index is 0.889. The van der Waals surface area contributed by atoms with E-state index in [1.165, 1.54) is 37.9 Å². The fourth-order valence-electron chi connectivity index (χ4n) is 1.89. The summed E-state index contributed by atoms with van der Waals surface area (Å²) >= 11 is 0. The Morgan fingerprint density at radius 2 is 2.15 bits per heavy atom. The Labute approximate surface area is 79.5 Å². The fourth-order valence-corrected chi connectivity index (χ4v) is 1.89.